The molecule has 0 unspecified atom stereocenters. The maximum absolute atomic E-state index is 13.6. The lowest BCUT2D eigenvalue weighted by molar-refractivity contribution is -0.139. The number of carbonyl (C=O) groups is 2. The zero-order valence-electron chi connectivity index (χ0n) is 21.3. The Kier molecular flexibility index (Phi) is 9.27. The third-order valence-corrected chi connectivity index (χ3v) is 7.08. The number of anilines is 1. The molecule has 34 heavy (non-hydrogen) atoms. The minimum Gasteiger partial charge on any atom is -0.352 e. The average Bonchev–Trinajstić information content (AvgIpc) is 2.75. The Morgan fingerprint density at radius 3 is 2.12 bits per heavy atom. The number of sulfonamides is 1. The first-order chi connectivity index (χ1) is 15.8. The van der Waals surface area contributed by atoms with Crippen LogP contribution in [0, 0.1) is 20.8 Å². The Morgan fingerprint density at radius 1 is 1.00 bits per heavy atom. The molecule has 0 aliphatic rings. The summed E-state index contributed by atoms with van der Waals surface area (Å²) in [5, 5.41) is 2.93. The van der Waals surface area contributed by atoms with Crippen LogP contribution in [0.15, 0.2) is 42.5 Å². The highest BCUT2D eigenvalue weighted by Crippen LogP contribution is 2.27. The average molecular weight is 488 g/mol. The van der Waals surface area contributed by atoms with Crippen molar-refractivity contribution in [3.05, 3.63) is 64.7 Å². The van der Waals surface area contributed by atoms with Crippen molar-refractivity contribution >= 4 is 27.5 Å². The molecule has 2 aromatic carbocycles. The Morgan fingerprint density at radius 2 is 1.59 bits per heavy atom. The minimum absolute atomic E-state index is 0.0343. The van der Waals surface area contributed by atoms with Crippen molar-refractivity contribution in [2.45, 2.75) is 66.6 Å². The van der Waals surface area contributed by atoms with Crippen molar-refractivity contribution in [2.75, 3.05) is 17.1 Å². The fraction of sp³-hybridized carbons (Fsp3) is 0.462. The first-order valence-electron chi connectivity index (χ1n) is 11.5. The van der Waals surface area contributed by atoms with E-state index in [0.29, 0.717) is 5.69 Å². The number of aryl methyl sites for hydroxylation is 3. The second kappa shape index (κ2) is 11.5. The van der Waals surface area contributed by atoms with Crippen molar-refractivity contribution in [3.8, 4) is 0 Å². The molecule has 0 aliphatic heterocycles. The summed E-state index contributed by atoms with van der Waals surface area (Å²) in [6.07, 6.45) is 1.86. The molecule has 2 amide bonds. The highest BCUT2D eigenvalue weighted by Gasteiger charge is 2.31. The van der Waals surface area contributed by atoms with Crippen molar-refractivity contribution in [2.24, 2.45) is 0 Å². The lowest BCUT2D eigenvalue weighted by Gasteiger charge is -2.33. The predicted molar refractivity (Wildman–Crippen MR) is 137 cm³/mol. The lowest BCUT2D eigenvalue weighted by atomic mass is 10.1. The van der Waals surface area contributed by atoms with Gasteiger partial charge in [0.15, 0.2) is 0 Å². The Bertz CT molecular complexity index is 1110. The van der Waals surface area contributed by atoms with Crippen LogP contribution in [0.4, 0.5) is 5.69 Å². The number of carbonyl (C=O) groups excluding carboxylic acids is 2. The smallest absolute Gasteiger partial charge is 0.244 e. The summed E-state index contributed by atoms with van der Waals surface area (Å²) in [6, 6.07) is 12.4. The van der Waals surface area contributed by atoms with Gasteiger partial charge in [-0.1, -0.05) is 55.0 Å². The van der Waals surface area contributed by atoms with E-state index < -0.39 is 28.5 Å². The van der Waals surface area contributed by atoms with Crippen LogP contribution in [0.1, 0.15) is 49.4 Å². The summed E-state index contributed by atoms with van der Waals surface area (Å²) in [6.45, 7) is 11.0. The number of rotatable bonds is 10. The summed E-state index contributed by atoms with van der Waals surface area (Å²) < 4.78 is 26.7. The number of para-hydroxylation sites is 1. The summed E-state index contributed by atoms with van der Waals surface area (Å²) >= 11 is 0. The molecule has 2 atom stereocenters. The lowest BCUT2D eigenvalue weighted by Crippen LogP contribution is -2.52. The maximum Gasteiger partial charge on any atom is 0.244 e. The molecule has 0 spiro atoms. The SMILES string of the molecule is CC[C@H](C)NC(=O)[C@@H](C)N(Cc1cccc(C)c1)C(=O)CN(c1c(C)cccc1C)S(C)(=O)=O. The first-order valence-corrected chi connectivity index (χ1v) is 13.4. The first kappa shape index (κ1) is 27.4. The normalized spacial score (nSPS) is 13.1. The van der Waals surface area contributed by atoms with Gasteiger partial charge in [0.1, 0.15) is 12.6 Å². The van der Waals surface area contributed by atoms with E-state index in [-0.39, 0.29) is 18.5 Å². The highest BCUT2D eigenvalue weighted by molar-refractivity contribution is 7.92. The molecule has 1 N–H and O–H groups in total. The van der Waals surface area contributed by atoms with Gasteiger partial charge in [-0.3, -0.25) is 13.9 Å². The van der Waals surface area contributed by atoms with E-state index in [1.54, 1.807) is 6.92 Å². The molecule has 0 aromatic heterocycles. The number of nitrogens with zero attached hydrogens (tertiary/aromatic N) is 2. The molecular formula is C26H37N3O4S. The van der Waals surface area contributed by atoms with E-state index >= 15 is 0 Å². The molecule has 0 saturated carbocycles. The standard InChI is InChI=1S/C26H37N3O4S/c1-8-21(5)27-26(31)22(6)28(16-23-14-9-11-18(2)15-23)24(30)17-29(34(7,32)33)25-19(3)12-10-13-20(25)4/h9-15,21-22H,8,16-17H2,1-7H3,(H,27,31)/t21-,22+/m0/s1. The maximum atomic E-state index is 13.6. The second-order valence-electron chi connectivity index (χ2n) is 9.01. The summed E-state index contributed by atoms with van der Waals surface area (Å²) in [4.78, 5) is 28.0. The molecule has 2 aromatic rings. The van der Waals surface area contributed by atoms with Gasteiger partial charge in [-0.15, -0.1) is 0 Å². The van der Waals surface area contributed by atoms with Gasteiger partial charge in [0, 0.05) is 12.6 Å². The van der Waals surface area contributed by atoms with Crippen LogP contribution in [-0.4, -0.2) is 50.0 Å². The van der Waals surface area contributed by atoms with Gasteiger partial charge in [-0.05, 0) is 57.7 Å². The Balaban J connectivity index is 2.45. The van der Waals surface area contributed by atoms with E-state index in [1.807, 2.05) is 77.1 Å². The van der Waals surface area contributed by atoms with Gasteiger partial charge < -0.3 is 10.2 Å². The predicted octanol–water partition coefficient (Wildman–Crippen LogP) is 3.71. The molecule has 0 saturated heterocycles. The summed E-state index contributed by atoms with van der Waals surface area (Å²) in [5.74, 6) is -0.713. The van der Waals surface area contributed by atoms with Crippen LogP contribution in [0.25, 0.3) is 0 Å². The zero-order chi connectivity index (χ0) is 25.6. The fourth-order valence-corrected chi connectivity index (χ4v) is 4.79. The number of benzene rings is 2. The third-order valence-electron chi connectivity index (χ3n) is 5.97. The van der Waals surface area contributed by atoms with Crippen molar-refractivity contribution in [1.29, 1.82) is 0 Å². The molecule has 0 bridgehead atoms. The van der Waals surface area contributed by atoms with Crippen LogP contribution < -0.4 is 9.62 Å². The van der Waals surface area contributed by atoms with Crippen LogP contribution in [0.2, 0.25) is 0 Å². The minimum atomic E-state index is -3.75. The van der Waals surface area contributed by atoms with E-state index in [0.717, 1.165) is 39.2 Å². The zero-order valence-corrected chi connectivity index (χ0v) is 22.1. The molecule has 8 heteroatoms. The highest BCUT2D eigenvalue weighted by atomic mass is 32.2. The molecule has 0 radical (unpaired) electrons. The van der Waals surface area contributed by atoms with Crippen molar-refractivity contribution < 1.29 is 18.0 Å². The fourth-order valence-electron chi connectivity index (χ4n) is 3.83. The van der Waals surface area contributed by atoms with Gasteiger partial charge >= 0.3 is 0 Å². The van der Waals surface area contributed by atoms with Gasteiger partial charge in [0.25, 0.3) is 0 Å². The van der Waals surface area contributed by atoms with E-state index in [1.165, 1.54) is 4.90 Å². The van der Waals surface area contributed by atoms with E-state index in [9.17, 15) is 18.0 Å². The summed E-state index contributed by atoms with van der Waals surface area (Å²) in [5.41, 5.74) is 3.91. The van der Waals surface area contributed by atoms with Crippen LogP contribution in [0.3, 0.4) is 0 Å². The van der Waals surface area contributed by atoms with Gasteiger partial charge in [0.2, 0.25) is 21.8 Å². The summed E-state index contributed by atoms with van der Waals surface area (Å²) in [7, 11) is -3.75. The third kappa shape index (κ3) is 7.06. The quantitative estimate of drug-likeness (QED) is 0.554. The molecule has 7 nitrogen and oxygen atoms in total. The number of amides is 2. The molecule has 0 aliphatic carbocycles. The molecule has 186 valence electrons. The molecule has 0 heterocycles. The van der Waals surface area contributed by atoms with Gasteiger partial charge in [-0.25, -0.2) is 8.42 Å². The van der Waals surface area contributed by atoms with E-state index in [4.69, 9.17) is 0 Å². The number of nitrogens with one attached hydrogen (secondary N) is 1. The second-order valence-corrected chi connectivity index (χ2v) is 10.9. The van der Waals surface area contributed by atoms with Crippen LogP contribution >= 0.6 is 0 Å². The molecule has 0 fully saturated rings. The number of hydrogen-bond donors (Lipinski definition) is 1. The van der Waals surface area contributed by atoms with Crippen molar-refractivity contribution in [1.82, 2.24) is 10.2 Å². The van der Waals surface area contributed by atoms with Gasteiger partial charge in [-0.2, -0.15) is 0 Å². The molecule has 2 rings (SSSR count). The van der Waals surface area contributed by atoms with Crippen LogP contribution in [-0.2, 0) is 26.2 Å². The van der Waals surface area contributed by atoms with Crippen LogP contribution in [0.5, 0.6) is 0 Å². The Labute approximate surface area is 204 Å². The van der Waals surface area contributed by atoms with E-state index in [2.05, 4.69) is 5.32 Å². The Hall–Kier alpha value is -2.87. The van der Waals surface area contributed by atoms with Crippen molar-refractivity contribution in [3.63, 3.8) is 0 Å². The topological polar surface area (TPSA) is 86.8 Å². The monoisotopic (exact) mass is 487 g/mol. The van der Waals surface area contributed by atoms with Gasteiger partial charge in [0.05, 0.1) is 11.9 Å². The largest absolute Gasteiger partial charge is 0.352 e. The number of hydrogen-bond acceptors (Lipinski definition) is 4. The molecular weight excluding hydrogens is 450 g/mol.